The van der Waals surface area contributed by atoms with E-state index in [0.29, 0.717) is 16.7 Å². The minimum atomic E-state index is -0.546. The minimum Gasteiger partial charge on any atom is -0.460 e. The SMILES string of the molecule is C=N[C@@H](CC(=O)OC(C)(C)C)c1nnc(C)n1C(=C)S. The maximum Gasteiger partial charge on any atom is 0.308 e. The van der Waals surface area contributed by atoms with E-state index in [1.807, 2.05) is 20.8 Å². The van der Waals surface area contributed by atoms with Crippen molar-refractivity contribution in [3.05, 3.63) is 18.2 Å². The van der Waals surface area contributed by atoms with E-state index in [1.165, 1.54) is 0 Å². The lowest BCUT2D eigenvalue weighted by molar-refractivity contribution is -0.155. The van der Waals surface area contributed by atoms with Crippen molar-refractivity contribution >= 4 is 30.3 Å². The molecule has 0 aromatic carbocycles. The van der Waals surface area contributed by atoms with E-state index in [2.05, 4.69) is 41.1 Å². The first kappa shape index (κ1) is 16.4. The summed E-state index contributed by atoms with van der Waals surface area (Å²) in [6.45, 7) is 14.4. The van der Waals surface area contributed by atoms with Gasteiger partial charge in [-0.05, 0) is 34.4 Å². The third kappa shape index (κ3) is 4.19. The molecule has 0 fully saturated rings. The van der Waals surface area contributed by atoms with Crippen LogP contribution >= 0.6 is 12.6 Å². The van der Waals surface area contributed by atoms with E-state index in [1.54, 1.807) is 11.5 Å². The van der Waals surface area contributed by atoms with Crippen molar-refractivity contribution < 1.29 is 9.53 Å². The minimum absolute atomic E-state index is 0.0416. The van der Waals surface area contributed by atoms with E-state index < -0.39 is 11.6 Å². The maximum absolute atomic E-state index is 11.9. The van der Waals surface area contributed by atoms with Gasteiger partial charge in [-0.15, -0.1) is 22.8 Å². The second kappa shape index (κ2) is 6.21. The topological polar surface area (TPSA) is 69.4 Å². The molecule has 1 atom stereocenters. The zero-order valence-corrected chi connectivity index (χ0v) is 13.1. The Labute approximate surface area is 124 Å². The fourth-order valence-electron chi connectivity index (χ4n) is 1.69. The second-order valence-electron chi connectivity index (χ2n) is 5.35. The van der Waals surface area contributed by atoms with Gasteiger partial charge in [0.2, 0.25) is 0 Å². The van der Waals surface area contributed by atoms with E-state index in [-0.39, 0.29) is 12.4 Å². The maximum atomic E-state index is 11.9. The Balaban J connectivity index is 2.95. The highest BCUT2D eigenvalue weighted by Gasteiger charge is 2.25. The molecule has 7 heteroatoms. The first-order valence-electron chi connectivity index (χ1n) is 6.13. The Morgan fingerprint density at radius 2 is 2.10 bits per heavy atom. The molecule has 0 bridgehead atoms. The third-order valence-corrected chi connectivity index (χ3v) is 2.61. The molecule has 0 aliphatic carbocycles. The lowest BCUT2D eigenvalue weighted by Gasteiger charge is -2.21. The predicted molar refractivity (Wildman–Crippen MR) is 81.8 cm³/mol. The molecule has 1 aromatic rings. The van der Waals surface area contributed by atoms with Crippen LogP contribution in [-0.4, -0.2) is 33.1 Å². The van der Waals surface area contributed by atoms with Crippen molar-refractivity contribution in [3.63, 3.8) is 0 Å². The Hall–Kier alpha value is -1.63. The van der Waals surface area contributed by atoms with Gasteiger partial charge >= 0.3 is 5.97 Å². The fourth-order valence-corrected chi connectivity index (χ4v) is 1.94. The van der Waals surface area contributed by atoms with Crippen molar-refractivity contribution in [2.24, 2.45) is 4.99 Å². The number of hydrogen-bond donors (Lipinski definition) is 1. The molecule has 0 saturated carbocycles. The largest absolute Gasteiger partial charge is 0.460 e. The Kier molecular flexibility index (Phi) is 5.10. The van der Waals surface area contributed by atoms with Crippen molar-refractivity contribution in [2.75, 3.05) is 0 Å². The number of aryl methyl sites for hydroxylation is 1. The van der Waals surface area contributed by atoms with Crippen LogP contribution in [0, 0.1) is 6.92 Å². The number of thiol groups is 1. The number of ether oxygens (including phenoxy) is 1. The molecule has 1 heterocycles. The van der Waals surface area contributed by atoms with Crippen LogP contribution in [0.3, 0.4) is 0 Å². The van der Waals surface area contributed by atoms with Crippen LogP contribution in [-0.2, 0) is 9.53 Å². The number of esters is 1. The van der Waals surface area contributed by atoms with Crippen LogP contribution < -0.4 is 0 Å². The van der Waals surface area contributed by atoms with Gasteiger partial charge in [-0.25, -0.2) is 0 Å². The molecule has 110 valence electrons. The number of hydrogen-bond acceptors (Lipinski definition) is 6. The average Bonchev–Trinajstić information content (AvgIpc) is 2.65. The van der Waals surface area contributed by atoms with Gasteiger partial charge in [0.15, 0.2) is 5.82 Å². The van der Waals surface area contributed by atoms with E-state index in [0.717, 1.165) is 0 Å². The molecule has 0 amide bonds. The highest BCUT2D eigenvalue weighted by Crippen LogP contribution is 2.25. The molecular formula is C13H20N4O2S. The number of nitrogens with zero attached hydrogens (tertiary/aromatic N) is 4. The lowest BCUT2D eigenvalue weighted by atomic mass is 10.1. The quantitative estimate of drug-likeness (QED) is 0.514. The third-order valence-electron chi connectivity index (χ3n) is 2.41. The number of aromatic nitrogens is 3. The summed E-state index contributed by atoms with van der Waals surface area (Å²) in [4.78, 5) is 15.8. The zero-order chi connectivity index (χ0) is 15.5. The molecule has 0 spiro atoms. The highest BCUT2D eigenvalue weighted by molar-refractivity contribution is 7.90. The first-order chi connectivity index (χ1) is 9.15. The van der Waals surface area contributed by atoms with Gasteiger partial charge in [-0.2, -0.15) is 0 Å². The monoisotopic (exact) mass is 296 g/mol. The highest BCUT2D eigenvalue weighted by atomic mass is 32.1. The summed E-state index contributed by atoms with van der Waals surface area (Å²) in [5, 5.41) is 8.43. The second-order valence-corrected chi connectivity index (χ2v) is 5.86. The zero-order valence-electron chi connectivity index (χ0n) is 12.3. The number of carbonyl (C=O) groups excluding carboxylic acids is 1. The number of rotatable bonds is 5. The average molecular weight is 296 g/mol. The van der Waals surface area contributed by atoms with E-state index in [4.69, 9.17) is 4.74 Å². The predicted octanol–water partition coefficient (Wildman–Crippen LogP) is 2.42. The molecule has 1 aromatic heterocycles. The van der Waals surface area contributed by atoms with E-state index in [9.17, 15) is 4.79 Å². The van der Waals surface area contributed by atoms with Crippen LogP contribution in [0.4, 0.5) is 0 Å². The summed E-state index contributed by atoms with van der Waals surface area (Å²) in [7, 11) is 0. The summed E-state index contributed by atoms with van der Waals surface area (Å²) >= 11 is 4.20. The summed E-state index contributed by atoms with van der Waals surface area (Å²) in [6.07, 6.45) is 0.0416. The van der Waals surface area contributed by atoms with Gasteiger partial charge in [0.1, 0.15) is 17.5 Å². The Morgan fingerprint density at radius 3 is 2.55 bits per heavy atom. The van der Waals surface area contributed by atoms with Gasteiger partial charge in [0.25, 0.3) is 0 Å². The van der Waals surface area contributed by atoms with Gasteiger partial charge in [-0.3, -0.25) is 14.4 Å². The normalized spacial score (nSPS) is 12.8. The summed E-state index contributed by atoms with van der Waals surface area (Å²) in [5.74, 6) is 0.730. The summed E-state index contributed by atoms with van der Waals surface area (Å²) in [6, 6.07) is -0.546. The van der Waals surface area contributed by atoms with Gasteiger partial charge < -0.3 is 4.74 Å². The summed E-state index contributed by atoms with van der Waals surface area (Å²) in [5.41, 5.74) is -0.542. The molecule has 1 rings (SSSR count). The molecule has 0 N–H and O–H groups in total. The van der Waals surface area contributed by atoms with Gasteiger partial charge in [0.05, 0.1) is 11.4 Å². The smallest absolute Gasteiger partial charge is 0.308 e. The lowest BCUT2D eigenvalue weighted by Crippen LogP contribution is -2.25. The number of carbonyl (C=O) groups is 1. The van der Waals surface area contributed by atoms with Crippen molar-refractivity contribution in [1.82, 2.24) is 14.8 Å². The van der Waals surface area contributed by atoms with Crippen molar-refractivity contribution in [2.45, 2.75) is 45.8 Å². The van der Waals surface area contributed by atoms with Gasteiger partial charge in [-0.1, -0.05) is 6.58 Å². The van der Waals surface area contributed by atoms with Crippen LogP contribution in [0.2, 0.25) is 0 Å². The van der Waals surface area contributed by atoms with Crippen LogP contribution in [0.5, 0.6) is 0 Å². The molecule has 0 aliphatic heterocycles. The number of aliphatic imine (C=N–C) groups is 1. The van der Waals surface area contributed by atoms with Gasteiger partial charge in [0, 0.05) is 0 Å². The van der Waals surface area contributed by atoms with Crippen molar-refractivity contribution in [3.8, 4) is 0 Å². The molecule has 20 heavy (non-hydrogen) atoms. The molecule has 6 nitrogen and oxygen atoms in total. The molecular weight excluding hydrogens is 276 g/mol. The molecule has 0 aliphatic rings. The van der Waals surface area contributed by atoms with E-state index >= 15 is 0 Å². The standard InChI is InChI=1S/C13H20N4O2S/c1-8-15-16-12(17(8)9(2)20)10(14-6)7-11(18)19-13(3,4)5/h10,20H,2,6-7H2,1,3-5H3/t10-/m0/s1. The van der Waals surface area contributed by atoms with Crippen molar-refractivity contribution in [1.29, 1.82) is 0 Å². The van der Waals surface area contributed by atoms with Crippen LogP contribution in [0.1, 0.15) is 44.9 Å². The molecule has 0 unspecified atom stereocenters. The van der Waals surface area contributed by atoms with Crippen LogP contribution in [0.25, 0.3) is 5.03 Å². The Bertz CT molecular complexity index is 531. The summed E-state index contributed by atoms with van der Waals surface area (Å²) < 4.78 is 6.90. The fraction of sp³-hybridized carbons (Fsp3) is 0.538. The molecule has 0 saturated heterocycles. The molecule has 0 radical (unpaired) electrons. The first-order valence-corrected chi connectivity index (χ1v) is 6.58. The van der Waals surface area contributed by atoms with Crippen LogP contribution in [0.15, 0.2) is 11.6 Å². The Morgan fingerprint density at radius 1 is 1.50 bits per heavy atom.